The molecule has 6 nitrogen and oxygen atoms in total. The van der Waals surface area contributed by atoms with Crippen LogP contribution in [0.15, 0.2) is 17.6 Å². The molecule has 0 unspecified atom stereocenters. The van der Waals surface area contributed by atoms with Gasteiger partial charge in [0.15, 0.2) is 5.96 Å². The summed E-state index contributed by atoms with van der Waals surface area (Å²) in [7, 11) is 2.08. The van der Waals surface area contributed by atoms with Crippen LogP contribution < -0.4 is 5.32 Å². The van der Waals surface area contributed by atoms with Crippen molar-refractivity contribution in [3.63, 3.8) is 0 Å². The van der Waals surface area contributed by atoms with Crippen molar-refractivity contribution >= 4 is 35.8 Å². The molecule has 0 saturated carbocycles. The lowest BCUT2D eigenvalue weighted by Gasteiger charge is -2.33. The first-order valence-corrected chi connectivity index (χ1v) is 8.66. The maximum absolute atomic E-state index is 11.3. The minimum absolute atomic E-state index is 0. The highest BCUT2D eigenvalue weighted by Crippen LogP contribution is 2.02. The second kappa shape index (κ2) is 13.5. The number of carbonyl (C=O) groups excluding carboxylic acids is 1. The molecule has 0 aliphatic carbocycles. The molecule has 0 aromatic rings. The van der Waals surface area contributed by atoms with Crippen LogP contribution in [0, 0.1) is 0 Å². The first-order valence-electron chi connectivity index (χ1n) is 8.66. The lowest BCUT2D eigenvalue weighted by Crippen LogP contribution is -2.48. The number of amides is 1. The highest BCUT2D eigenvalue weighted by atomic mass is 127. The first-order chi connectivity index (χ1) is 11.1. The van der Waals surface area contributed by atoms with Gasteiger partial charge in [-0.2, -0.15) is 0 Å². The number of guanidine groups is 1. The standard InChI is InChI=1S/C17H33N5O.HI/c1-5-7-8-10-20(4)17(18-6-2)19-9-11-21-12-14-22(15-13-21)16(3)23;/h5H,1,6-15H2,2-4H3,(H,18,19);1H. The predicted octanol–water partition coefficient (Wildman–Crippen LogP) is 1.63. The smallest absolute Gasteiger partial charge is 0.219 e. The maximum Gasteiger partial charge on any atom is 0.219 e. The number of nitrogens with one attached hydrogen (secondary N) is 1. The zero-order chi connectivity index (χ0) is 17.1. The van der Waals surface area contributed by atoms with Crippen LogP contribution in [0.5, 0.6) is 0 Å². The van der Waals surface area contributed by atoms with Gasteiger partial charge < -0.3 is 15.1 Å². The molecular formula is C17H34IN5O. The van der Waals surface area contributed by atoms with E-state index in [-0.39, 0.29) is 29.9 Å². The summed E-state index contributed by atoms with van der Waals surface area (Å²) < 4.78 is 0. The number of hydrogen-bond donors (Lipinski definition) is 1. The van der Waals surface area contributed by atoms with Crippen LogP contribution in [0.25, 0.3) is 0 Å². The monoisotopic (exact) mass is 451 g/mol. The van der Waals surface area contributed by atoms with Gasteiger partial charge in [0, 0.05) is 59.8 Å². The van der Waals surface area contributed by atoms with E-state index < -0.39 is 0 Å². The van der Waals surface area contributed by atoms with Gasteiger partial charge in [-0.15, -0.1) is 30.6 Å². The largest absolute Gasteiger partial charge is 0.357 e. The average molecular weight is 451 g/mol. The van der Waals surface area contributed by atoms with E-state index in [0.29, 0.717) is 0 Å². The van der Waals surface area contributed by atoms with E-state index in [0.717, 1.165) is 71.2 Å². The van der Waals surface area contributed by atoms with Crippen LogP contribution in [0.2, 0.25) is 0 Å². The van der Waals surface area contributed by atoms with Crippen molar-refractivity contribution in [3.05, 3.63) is 12.7 Å². The zero-order valence-electron chi connectivity index (χ0n) is 15.5. The molecule has 0 bridgehead atoms. The number of halogens is 1. The van der Waals surface area contributed by atoms with Crippen molar-refractivity contribution in [2.24, 2.45) is 4.99 Å². The topological polar surface area (TPSA) is 51.2 Å². The fourth-order valence-electron chi connectivity index (χ4n) is 2.63. The fraction of sp³-hybridized carbons (Fsp3) is 0.765. The van der Waals surface area contributed by atoms with Gasteiger partial charge in [0.2, 0.25) is 5.91 Å². The van der Waals surface area contributed by atoms with Crippen LogP contribution >= 0.6 is 24.0 Å². The Balaban J connectivity index is 0.00000529. The summed E-state index contributed by atoms with van der Waals surface area (Å²) in [5.41, 5.74) is 0. The Morgan fingerprint density at radius 3 is 2.54 bits per heavy atom. The van der Waals surface area contributed by atoms with Crippen molar-refractivity contribution in [2.75, 3.05) is 59.4 Å². The predicted molar refractivity (Wildman–Crippen MR) is 112 cm³/mol. The molecule has 0 atom stereocenters. The normalized spacial score (nSPS) is 15.6. The quantitative estimate of drug-likeness (QED) is 0.201. The Kier molecular flexibility index (Phi) is 13.0. The van der Waals surface area contributed by atoms with Crippen LogP contribution in [-0.2, 0) is 4.79 Å². The van der Waals surface area contributed by atoms with Crippen molar-refractivity contribution in [2.45, 2.75) is 26.7 Å². The van der Waals surface area contributed by atoms with Gasteiger partial charge in [-0.25, -0.2) is 0 Å². The van der Waals surface area contributed by atoms with Crippen molar-refractivity contribution < 1.29 is 4.79 Å². The molecule has 1 aliphatic rings. The molecule has 1 saturated heterocycles. The van der Waals surface area contributed by atoms with Gasteiger partial charge in [-0.05, 0) is 19.8 Å². The van der Waals surface area contributed by atoms with E-state index in [9.17, 15) is 4.79 Å². The second-order valence-electron chi connectivity index (χ2n) is 5.94. The lowest BCUT2D eigenvalue weighted by molar-refractivity contribution is -0.130. The maximum atomic E-state index is 11.3. The van der Waals surface area contributed by atoms with Crippen molar-refractivity contribution in [1.82, 2.24) is 20.0 Å². The minimum Gasteiger partial charge on any atom is -0.357 e. The Morgan fingerprint density at radius 2 is 2.00 bits per heavy atom. The van der Waals surface area contributed by atoms with Gasteiger partial charge in [-0.1, -0.05) is 6.08 Å². The Hall–Kier alpha value is -0.830. The second-order valence-corrected chi connectivity index (χ2v) is 5.94. The molecule has 7 heteroatoms. The fourth-order valence-corrected chi connectivity index (χ4v) is 2.63. The number of piperazine rings is 1. The average Bonchev–Trinajstić information content (AvgIpc) is 2.54. The molecule has 0 spiro atoms. The van der Waals surface area contributed by atoms with Crippen LogP contribution in [0.1, 0.15) is 26.7 Å². The van der Waals surface area contributed by atoms with E-state index >= 15 is 0 Å². The molecule has 1 amide bonds. The van der Waals surface area contributed by atoms with Gasteiger partial charge in [0.1, 0.15) is 0 Å². The SMILES string of the molecule is C=CCCCN(C)C(=NCCN1CCN(C(C)=O)CC1)NCC.I. The minimum atomic E-state index is 0. The highest BCUT2D eigenvalue weighted by molar-refractivity contribution is 14.0. The van der Waals surface area contributed by atoms with Gasteiger partial charge in [-0.3, -0.25) is 14.7 Å². The van der Waals surface area contributed by atoms with Crippen molar-refractivity contribution in [1.29, 1.82) is 0 Å². The summed E-state index contributed by atoms with van der Waals surface area (Å²) in [5, 5.41) is 3.35. The summed E-state index contributed by atoms with van der Waals surface area (Å²) in [6.45, 7) is 14.6. The van der Waals surface area contributed by atoms with Crippen LogP contribution in [-0.4, -0.2) is 86.0 Å². The van der Waals surface area contributed by atoms with Crippen molar-refractivity contribution in [3.8, 4) is 0 Å². The summed E-state index contributed by atoms with van der Waals surface area (Å²) in [6.07, 6.45) is 4.08. The third-order valence-corrected chi connectivity index (χ3v) is 4.09. The van der Waals surface area contributed by atoms with Gasteiger partial charge in [0.05, 0.1) is 6.54 Å². The number of hydrogen-bond acceptors (Lipinski definition) is 3. The van der Waals surface area contributed by atoms with Gasteiger partial charge in [0.25, 0.3) is 0 Å². The zero-order valence-corrected chi connectivity index (χ0v) is 17.8. The number of aliphatic imine (C=N–C) groups is 1. The summed E-state index contributed by atoms with van der Waals surface area (Å²) in [4.78, 5) is 22.5. The van der Waals surface area contributed by atoms with Crippen LogP contribution in [0.4, 0.5) is 0 Å². The Bertz CT molecular complexity index is 394. The number of nitrogens with zero attached hydrogens (tertiary/aromatic N) is 4. The van der Waals surface area contributed by atoms with E-state index in [1.54, 1.807) is 6.92 Å². The third kappa shape index (κ3) is 8.86. The number of rotatable bonds is 8. The molecule has 0 aromatic heterocycles. The molecule has 1 fully saturated rings. The lowest BCUT2D eigenvalue weighted by atomic mass is 10.3. The first kappa shape index (κ1) is 23.2. The number of allylic oxidation sites excluding steroid dienone is 1. The molecule has 0 radical (unpaired) electrons. The van der Waals surface area contributed by atoms with Gasteiger partial charge >= 0.3 is 0 Å². The highest BCUT2D eigenvalue weighted by Gasteiger charge is 2.17. The third-order valence-electron chi connectivity index (χ3n) is 4.09. The molecule has 0 aromatic carbocycles. The molecule has 140 valence electrons. The molecule has 1 heterocycles. The molecular weight excluding hydrogens is 417 g/mol. The number of carbonyl (C=O) groups is 1. The summed E-state index contributed by atoms with van der Waals surface area (Å²) >= 11 is 0. The van der Waals surface area contributed by atoms with Crippen LogP contribution in [0.3, 0.4) is 0 Å². The van der Waals surface area contributed by atoms with E-state index in [2.05, 4.69) is 35.7 Å². The molecule has 1 rings (SSSR count). The van der Waals surface area contributed by atoms with E-state index in [1.165, 1.54) is 0 Å². The molecule has 1 N–H and O–H groups in total. The number of unbranched alkanes of at least 4 members (excludes halogenated alkanes) is 1. The molecule has 1 aliphatic heterocycles. The van der Waals surface area contributed by atoms with E-state index in [4.69, 9.17) is 4.99 Å². The summed E-state index contributed by atoms with van der Waals surface area (Å²) in [5.74, 6) is 1.15. The Labute approximate surface area is 164 Å². The molecule has 24 heavy (non-hydrogen) atoms. The van der Waals surface area contributed by atoms with E-state index in [1.807, 2.05) is 11.0 Å². The Morgan fingerprint density at radius 1 is 1.33 bits per heavy atom. The summed E-state index contributed by atoms with van der Waals surface area (Å²) in [6, 6.07) is 0.